The van der Waals surface area contributed by atoms with Gasteiger partial charge in [0.05, 0.1) is 13.2 Å². The zero-order chi connectivity index (χ0) is 25.3. The first-order chi connectivity index (χ1) is 17.5. The topological polar surface area (TPSA) is 55.8 Å². The molecule has 36 heavy (non-hydrogen) atoms. The average molecular weight is 491 g/mol. The van der Waals surface area contributed by atoms with Crippen LogP contribution in [0.2, 0.25) is 0 Å². The SMILES string of the molecule is C=C(C)C(=O)OCCc1cc(C2CCC(C3CCCCC3)CC2)ccc1-c1ccc(OCCO)cc1. The van der Waals surface area contributed by atoms with Crippen LogP contribution < -0.4 is 4.74 Å². The molecule has 0 aromatic heterocycles. The van der Waals surface area contributed by atoms with E-state index in [4.69, 9.17) is 14.6 Å². The minimum Gasteiger partial charge on any atom is -0.491 e. The van der Waals surface area contributed by atoms with Crippen molar-refractivity contribution in [2.75, 3.05) is 19.8 Å². The molecule has 2 aliphatic carbocycles. The summed E-state index contributed by atoms with van der Waals surface area (Å²) in [4.78, 5) is 11.9. The van der Waals surface area contributed by atoms with E-state index in [1.807, 2.05) is 12.1 Å². The lowest BCUT2D eigenvalue weighted by molar-refractivity contribution is -0.138. The van der Waals surface area contributed by atoms with Crippen LogP contribution in [0, 0.1) is 11.8 Å². The van der Waals surface area contributed by atoms with Gasteiger partial charge >= 0.3 is 5.97 Å². The summed E-state index contributed by atoms with van der Waals surface area (Å²) in [6.45, 7) is 6.00. The third-order valence-electron chi connectivity index (χ3n) is 8.17. The van der Waals surface area contributed by atoms with Crippen molar-refractivity contribution in [2.24, 2.45) is 11.8 Å². The molecule has 0 saturated heterocycles. The number of esters is 1. The first-order valence-electron chi connectivity index (χ1n) is 13.8. The number of hydrogen-bond donors (Lipinski definition) is 1. The predicted molar refractivity (Wildman–Crippen MR) is 145 cm³/mol. The Kier molecular flexibility index (Phi) is 9.63. The van der Waals surface area contributed by atoms with E-state index in [2.05, 4.69) is 36.9 Å². The largest absolute Gasteiger partial charge is 0.491 e. The van der Waals surface area contributed by atoms with Crippen LogP contribution in [0.5, 0.6) is 5.75 Å². The van der Waals surface area contributed by atoms with E-state index in [-0.39, 0.29) is 19.2 Å². The summed E-state index contributed by atoms with van der Waals surface area (Å²) in [5.41, 5.74) is 5.33. The van der Waals surface area contributed by atoms with Gasteiger partial charge in [0.25, 0.3) is 0 Å². The number of hydrogen-bond acceptors (Lipinski definition) is 4. The van der Waals surface area contributed by atoms with Crippen molar-refractivity contribution in [3.8, 4) is 16.9 Å². The van der Waals surface area contributed by atoms with Crippen LogP contribution in [0.15, 0.2) is 54.6 Å². The summed E-state index contributed by atoms with van der Waals surface area (Å²) in [5.74, 6) is 2.92. The third kappa shape index (κ3) is 7.00. The van der Waals surface area contributed by atoms with Gasteiger partial charge in [0, 0.05) is 12.0 Å². The van der Waals surface area contributed by atoms with Gasteiger partial charge in [-0.05, 0) is 84.7 Å². The molecule has 0 aliphatic heterocycles. The van der Waals surface area contributed by atoms with Crippen LogP contribution >= 0.6 is 0 Å². The molecule has 4 nitrogen and oxygen atoms in total. The second kappa shape index (κ2) is 13.1. The third-order valence-corrected chi connectivity index (χ3v) is 8.17. The van der Waals surface area contributed by atoms with E-state index in [0.29, 0.717) is 24.5 Å². The second-order valence-corrected chi connectivity index (χ2v) is 10.7. The van der Waals surface area contributed by atoms with E-state index in [1.165, 1.54) is 68.9 Å². The lowest BCUT2D eigenvalue weighted by Gasteiger charge is -2.36. The molecule has 1 N–H and O–H groups in total. The maximum Gasteiger partial charge on any atom is 0.333 e. The number of aliphatic hydroxyl groups is 1. The standard InChI is InChI=1S/C32H42O4/c1-23(2)32(34)36-20-18-29-22-28(26-10-8-25(9-11-26)24-6-4-3-5-7-24)14-17-31(29)27-12-15-30(16-13-27)35-21-19-33/h12-17,22,24-26,33H,1,3-11,18-21H2,2H3. The molecular weight excluding hydrogens is 448 g/mol. The number of ether oxygens (including phenoxy) is 2. The summed E-state index contributed by atoms with van der Waals surface area (Å²) in [7, 11) is 0. The van der Waals surface area contributed by atoms with E-state index in [0.717, 1.165) is 28.7 Å². The van der Waals surface area contributed by atoms with Crippen molar-refractivity contribution in [1.29, 1.82) is 0 Å². The maximum atomic E-state index is 11.9. The molecule has 2 saturated carbocycles. The number of aliphatic hydroxyl groups excluding tert-OH is 1. The van der Waals surface area contributed by atoms with Gasteiger partial charge in [-0.25, -0.2) is 4.79 Å². The number of carbonyl (C=O) groups excluding carboxylic acids is 1. The highest BCUT2D eigenvalue weighted by molar-refractivity contribution is 5.86. The van der Waals surface area contributed by atoms with E-state index < -0.39 is 0 Å². The van der Waals surface area contributed by atoms with Crippen molar-refractivity contribution in [1.82, 2.24) is 0 Å². The predicted octanol–water partition coefficient (Wildman–Crippen LogP) is 7.24. The average Bonchev–Trinajstić information content (AvgIpc) is 2.92. The van der Waals surface area contributed by atoms with Crippen LogP contribution in [0.4, 0.5) is 0 Å². The fourth-order valence-corrected chi connectivity index (χ4v) is 6.16. The molecule has 2 fully saturated rings. The first-order valence-corrected chi connectivity index (χ1v) is 13.8. The van der Waals surface area contributed by atoms with Crippen LogP contribution in [-0.4, -0.2) is 30.9 Å². The highest BCUT2D eigenvalue weighted by Crippen LogP contribution is 2.43. The molecule has 0 amide bonds. The lowest BCUT2D eigenvalue weighted by Crippen LogP contribution is -2.23. The Morgan fingerprint density at radius 3 is 2.28 bits per heavy atom. The van der Waals surface area contributed by atoms with E-state index in [1.54, 1.807) is 6.92 Å². The minimum atomic E-state index is -0.334. The molecule has 0 radical (unpaired) electrons. The fraction of sp³-hybridized carbons (Fsp3) is 0.531. The minimum absolute atomic E-state index is 0.00116. The van der Waals surface area contributed by atoms with Crippen molar-refractivity contribution in [3.63, 3.8) is 0 Å². The molecule has 4 heteroatoms. The van der Waals surface area contributed by atoms with Crippen molar-refractivity contribution < 1.29 is 19.4 Å². The van der Waals surface area contributed by atoms with Gasteiger partial charge in [0.15, 0.2) is 0 Å². The highest BCUT2D eigenvalue weighted by Gasteiger charge is 2.29. The molecule has 0 atom stereocenters. The Morgan fingerprint density at radius 1 is 0.917 bits per heavy atom. The Hall–Kier alpha value is -2.59. The summed E-state index contributed by atoms with van der Waals surface area (Å²) >= 11 is 0. The van der Waals surface area contributed by atoms with Crippen molar-refractivity contribution >= 4 is 5.97 Å². The van der Waals surface area contributed by atoms with Crippen molar-refractivity contribution in [2.45, 2.75) is 77.0 Å². The van der Waals surface area contributed by atoms with Crippen LogP contribution in [0.1, 0.15) is 81.8 Å². The van der Waals surface area contributed by atoms with Gasteiger partial charge in [0.2, 0.25) is 0 Å². The van der Waals surface area contributed by atoms with Gasteiger partial charge in [-0.3, -0.25) is 0 Å². The van der Waals surface area contributed by atoms with Gasteiger partial charge in [-0.1, -0.05) is 69.0 Å². The maximum absolute atomic E-state index is 11.9. The molecule has 2 aromatic rings. The molecule has 2 aliphatic rings. The van der Waals surface area contributed by atoms with Gasteiger partial charge < -0.3 is 14.6 Å². The Bertz CT molecular complexity index is 995. The highest BCUT2D eigenvalue weighted by atomic mass is 16.5. The number of benzene rings is 2. The molecule has 0 unspecified atom stereocenters. The molecular formula is C32H42O4. The van der Waals surface area contributed by atoms with E-state index in [9.17, 15) is 4.79 Å². The zero-order valence-electron chi connectivity index (χ0n) is 21.8. The van der Waals surface area contributed by atoms with Crippen LogP contribution in [0.25, 0.3) is 11.1 Å². The zero-order valence-corrected chi connectivity index (χ0v) is 21.8. The Balaban J connectivity index is 1.48. The van der Waals surface area contributed by atoms with Gasteiger partial charge in [-0.2, -0.15) is 0 Å². The van der Waals surface area contributed by atoms with Crippen molar-refractivity contribution in [3.05, 3.63) is 65.7 Å². The smallest absolute Gasteiger partial charge is 0.333 e. The summed E-state index contributed by atoms with van der Waals surface area (Å²) < 4.78 is 11.0. The molecule has 4 rings (SSSR count). The Labute approximate surface area is 216 Å². The first kappa shape index (κ1) is 26.5. The van der Waals surface area contributed by atoms with Crippen LogP contribution in [0.3, 0.4) is 0 Å². The number of rotatable bonds is 10. The molecule has 0 spiro atoms. The molecule has 194 valence electrons. The normalized spacial score (nSPS) is 20.6. The molecule has 0 bridgehead atoms. The quantitative estimate of drug-likeness (QED) is 0.282. The van der Waals surface area contributed by atoms with E-state index >= 15 is 0 Å². The monoisotopic (exact) mass is 490 g/mol. The Morgan fingerprint density at radius 2 is 1.61 bits per heavy atom. The van der Waals surface area contributed by atoms with Crippen LogP contribution in [-0.2, 0) is 16.0 Å². The summed E-state index contributed by atoms with van der Waals surface area (Å²) in [6, 6.07) is 14.9. The number of carbonyl (C=O) groups is 1. The molecule has 2 aromatic carbocycles. The summed E-state index contributed by atoms with van der Waals surface area (Å²) in [5, 5.41) is 9.00. The molecule has 0 heterocycles. The van der Waals surface area contributed by atoms with Gasteiger partial charge in [-0.15, -0.1) is 0 Å². The van der Waals surface area contributed by atoms with Gasteiger partial charge in [0.1, 0.15) is 12.4 Å². The fourth-order valence-electron chi connectivity index (χ4n) is 6.16. The second-order valence-electron chi connectivity index (χ2n) is 10.7. The summed E-state index contributed by atoms with van der Waals surface area (Å²) in [6.07, 6.45) is 13.1. The lowest BCUT2D eigenvalue weighted by atomic mass is 9.70.